The van der Waals surface area contributed by atoms with Crippen LogP contribution in [0, 0.1) is 55.7 Å². The van der Waals surface area contributed by atoms with E-state index in [4.69, 9.17) is 4.74 Å². The Morgan fingerprint density at radius 2 is 1.57 bits per heavy atom. The van der Waals surface area contributed by atoms with Gasteiger partial charge in [-0.15, -0.1) is 0 Å². The second kappa shape index (κ2) is 9.12. The molecule has 6 aliphatic carbocycles. The molecule has 0 aromatic heterocycles. The van der Waals surface area contributed by atoms with Crippen molar-refractivity contribution < 1.29 is 35.1 Å². The van der Waals surface area contributed by atoms with Gasteiger partial charge in [0.2, 0.25) is 0 Å². The highest BCUT2D eigenvalue weighted by Crippen LogP contribution is 2.83. The number of hydrogen-bond acceptors (Lipinski definition) is 6. The first-order valence-corrected chi connectivity index (χ1v) is 17.6. The molecule has 44 heavy (non-hydrogen) atoms. The largest absolute Gasteiger partial charge is 0.481 e. The number of fused-ring (bicyclic) bond motifs is 8. The van der Waals surface area contributed by atoms with Gasteiger partial charge in [-0.1, -0.05) is 60.1 Å². The number of carboxylic acids is 1. The van der Waals surface area contributed by atoms with Crippen LogP contribution in [0.3, 0.4) is 0 Å². The van der Waals surface area contributed by atoms with Gasteiger partial charge in [0.05, 0.1) is 12.0 Å². The molecule has 1 heterocycles. The van der Waals surface area contributed by atoms with E-state index in [-0.39, 0.29) is 45.0 Å². The summed E-state index contributed by atoms with van der Waals surface area (Å²) in [6.07, 6.45) is 7.90. The van der Waals surface area contributed by atoms with Gasteiger partial charge >= 0.3 is 5.97 Å². The summed E-state index contributed by atoms with van der Waals surface area (Å²) in [6, 6.07) is 0. The summed E-state index contributed by atoms with van der Waals surface area (Å²) >= 11 is 0. The Balaban J connectivity index is 1.24. The molecular formula is C37H58O7. The predicted octanol–water partition coefficient (Wildman–Crippen LogP) is 5.48. The molecule has 7 rings (SSSR count). The lowest BCUT2D eigenvalue weighted by atomic mass is 9.32. The van der Waals surface area contributed by atoms with Crippen molar-refractivity contribution >= 4 is 5.97 Å². The minimum absolute atomic E-state index is 0.0295. The maximum atomic E-state index is 13.0. The second-order valence-corrected chi connectivity index (χ2v) is 18.8. The van der Waals surface area contributed by atoms with Crippen LogP contribution in [0.5, 0.6) is 0 Å². The molecule has 0 radical (unpaired) electrons. The van der Waals surface area contributed by atoms with Crippen LogP contribution >= 0.6 is 0 Å². The molecule has 1 saturated heterocycles. The Kier molecular flexibility index (Phi) is 6.55. The van der Waals surface area contributed by atoms with E-state index in [0.717, 1.165) is 64.2 Å². The van der Waals surface area contributed by atoms with Gasteiger partial charge in [0.25, 0.3) is 0 Å². The number of aliphatic carboxylic acids is 1. The summed E-state index contributed by atoms with van der Waals surface area (Å²) in [5.74, 6) is 0.379. The maximum absolute atomic E-state index is 13.0. The Morgan fingerprint density at radius 1 is 0.886 bits per heavy atom. The topological polar surface area (TPSA) is 127 Å². The molecule has 2 spiro atoms. The Morgan fingerprint density at radius 3 is 2.23 bits per heavy atom. The quantitative estimate of drug-likeness (QED) is 0.261. The smallest absolute Gasteiger partial charge is 0.310 e. The minimum Gasteiger partial charge on any atom is -0.481 e. The van der Waals surface area contributed by atoms with Crippen LogP contribution < -0.4 is 0 Å². The standard InChI is InChI=1S/C37H58O7/c1-30(2)12-15-35(29(42)43)16-14-33(6)21(22(35)18-30)8-9-25-32(5)13-17-36(31(3,4)24(32)10-11-34(25,33)7)20-37(36)28(41)27(40)26(39)23(19-38)44-37/h8,22-28,38-41H,9-20H2,1-7H3,(H,42,43)/t22?,23?,24?,25?,26-,27?,28?,32+,33-,34-,35+,36+,37?/m1/s1. The Bertz CT molecular complexity index is 1270. The molecule has 5 N–H and O–H groups in total. The number of aliphatic hydroxyl groups is 4. The monoisotopic (exact) mass is 614 g/mol. The van der Waals surface area contributed by atoms with Crippen molar-refractivity contribution in [3.8, 4) is 0 Å². The van der Waals surface area contributed by atoms with Crippen LogP contribution in [0.2, 0.25) is 0 Å². The average Bonchev–Trinajstić information content (AvgIpc) is 3.61. The first kappa shape index (κ1) is 31.6. The van der Waals surface area contributed by atoms with Crippen LogP contribution in [0.15, 0.2) is 11.6 Å². The minimum atomic E-state index is -1.34. The van der Waals surface area contributed by atoms with Crippen molar-refractivity contribution in [2.45, 2.75) is 149 Å². The normalized spacial score (nSPS) is 57.0. The summed E-state index contributed by atoms with van der Waals surface area (Å²) in [6.45, 7) is 16.5. The number of rotatable bonds is 2. The fourth-order valence-corrected chi connectivity index (χ4v) is 13.9. The van der Waals surface area contributed by atoms with Gasteiger partial charge in [-0.2, -0.15) is 0 Å². The third-order valence-electron chi connectivity index (χ3n) is 16.8. The van der Waals surface area contributed by atoms with Gasteiger partial charge in [0, 0.05) is 5.41 Å². The van der Waals surface area contributed by atoms with E-state index in [1.54, 1.807) is 0 Å². The average molecular weight is 615 g/mol. The molecule has 7 aliphatic rings. The van der Waals surface area contributed by atoms with Gasteiger partial charge in [0.1, 0.15) is 30.0 Å². The second-order valence-electron chi connectivity index (χ2n) is 18.8. The van der Waals surface area contributed by atoms with Gasteiger partial charge in [-0.05, 0) is 115 Å². The molecule has 7 nitrogen and oxygen atoms in total. The van der Waals surface area contributed by atoms with Gasteiger partial charge in [-0.25, -0.2) is 0 Å². The zero-order chi connectivity index (χ0) is 32.1. The Labute approximate surface area is 263 Å². The molecule has 7 heteroatoms. The summed E-state index contributed by atoms with van der Waals surface area (Å²) in [4.78, 5) is 13.0. The lowest BCUT2D eigenvalue weighted by Crippen LogP contribution is -2.67. The highest BCUT2D eigenvalue weighted by atomic mass is 16.6. The first-order chi connectivity index (χ1) is 20.3. The predicted molar refractivity (Wildman–Crippen MR) is 166 cm³/mol. The molecular weight excluding hydrogens is 556 g/mol. The van der Waals surface area contributed by atoms with Crippen LogP contribution in [0.25, 0.3) is 0 Å². The van der Waals surface area contributed by atoms with Crippen LogP contribution in [0.1, 0.15) is 119 Å². The molecule has 0 aromatic carbocycles. The van der Waals surface area contributed by atoms with Crippen molar-refractivity contribution in [2.24, 2.45) is 55.7 Å². The fraction of sp³-hybridized carbons (Fsp3) is 0.919. The van der Waals surface area contributed by atoms with E-state index >= 15 is 0 Å². The SMILES string of the molecule is CC1(C)CC[C@]2(C(=O)O)CC[C@]3(C)C(=CCC4[C@@]5(C)CC[C@]6(CC67OC(CO)[C@@H](O)C(O)C7O)C(C)(C)C5CC[C@]43C)C2C1. The molecule has 13 atom stereocenters. The highest BCUT2D eigenvalue weighted by molar-refractivity contribution is 5.76. The van der Waals surface area contributed by atoms with Crippen LogP contribution in [-0.4, -0.2) is 68.1 Å². The maximum Gasteiger partial charge on any atom is 0.310 e. The van der Waals surface area contributed by atoms with Crippen LogP contribution in [0.4, 0.5) is 0 Å². The fourth-order valence-electron chi connectivity index (χ4n) is 13.9. The summed E-state index contributed by atoms with van der Waals surface area (Å²) < 4.78 is 6.41. The van der Waals surface area contributed by atoms with E-state index in [1.165, 1.54) is 5.57 Å². The van der Waals surface area contributed by atoms with Crippen molar-refractivity contribution in [3.63, 3.8) is 0 Å². The molecule has 1 aliphatic heterocycles. The van der Waals surface area contributed by atoms with E-state index in [2.05, 4.69) is 54.5 Å². The van der Waals surface area contributed by atoms with E-state index in [0.29, 0.717) is 18.3 Å². The molecule has 248 valence electrons. The number of hydrogen-bond donors (Lipinski definition) is 5. The summed E-state index contributed by atoms with van der Waals surface area (Å²) in [7, 11) is 0. The van der Waals surface area contributed by atoms with Crippen molar-refractivity contribution in [1.29, 1.82) is 0 Å². The molecule has 0 bridgehead atoms. The van der Waals surface area contributed by atoms with Gasteiger partial charge in [0.15, 0.2) is 0 Å². The zero-order valence-corrected chi connectivity index (χ0v) is 28.2. The number of ether oxygens (including phenoxy) is 1. The lowest BCUT2D eigenvalue weighted by molar-refractivity contribution is -0.271. The molecule has 0 aromatic rings. The van der Waals surface area contributed by atoms with Gasteiger partial charge in [-0.3, -0.25) is 4.79 Å². The lowest BCUT2D eigenvalue weighted by Gasteiger charge is -2.72. The number of allylic oxidation sites excluding steroid dienone is 2. The van der Waals surface area contributed by atoms with Crippen LogP contribution in [-0.2, 0) is 9.53 Å². The van der Waals surface area contributed by atoms with Crippen molar-refractivity contribution in [2.75, 3.05) is 6.61 Å². The molecule has 5 saturated carbocycles. The van der Waals surface area contributed by atoms with Crippen molar-refractivity contribution in [1.82, 2.24) is 0 Å². The van der Waals surface area contributed by atoms with Crippen molar-refractivity contribution in [3.05, 3.63) is 11.6 Å². The van der Waals surface area contributed by atoms with Gasteiger partial charge < -0.3 is 30.3 Å². The van der Waals surface area contributed by atoms with E-state index < -0.39 is 41.4 Å². The molecule has 0 amide bonds. The zero-order valence-electron chi connectivity index (χ0n) is 28.2. The molecule has 6 fully saturated rings. The number of carbonyl (C=O) groups is 1. The highest BCUT2D eigenvalue weighted by Gasteiger charge is 2.84. The Hall–Kier alpha value is -0.990. The first-order valence-electron chi connectivity index (χ1n) is 17.6. The number of aliphatic hydroxyl groups excluding tert-OH is 4. The summed E-state index contributed by atoms with van der Waals surface area (Å²) in [5.41, 5.74) is -0.386. The molecule has 7 unspecified atom stereocenters. The third kappa shape index (κ3) is 3.45. The summed E-state index contributed by atoms with van der Waals surface area (Å²) in [5, 5.41) is 53.4. The van der Waals surface area contributed by atoms with E-state index in [9.17, 15) is 30.3 Å². The number of carboxylic acid groups (broad SMARTS) is 1. The van der Waals surface area contributed by atoms with E-state index in [1.807, 2.05) is 0 Å². The third-order valence-corrected chi connectivity index (χ3v) is 16.8.